The lowest BCUT2D eigenvalue weighted by atomic mass is 10.0. The first-order valence-corrected chi connectivity index (χ1v) is 6.87. The van der Waals surface area contributed by atoms with Crippen LogP contribution in [0.3, 0.4) is 0 Å². The number of aryl methyl sites for hydroxylation is 1. The van der Waals surface area contributed by atoms with Gasteiger partial charge in [0.25, 0.3) is 0 Å². The third-order valence-electron chi connectivity index (χ3n) is 3.45. The molecule has 0 aliphatic carbocycles. The number of fused-ring (bicyclic) bond motifs is 1. The van der Waals surface area contributed by atoms with Crippen LogP contribution in [0.1, 0.15) is 17.8 Å². The van der Waals surface area contributed by atoms with Crippen molar-refractivity contribution in [3.05, 3.63) is 34.3 Å². The summed E-state index contributed by atoms with van der Waals surface area (Å²) in [5.74, 6) is 1.90. The fourth-order valence-electron chi connectivity index (χ4n) is 2.50. The van der Waals surface area contributed by atoms with Crippen molar-refractivity contribution in [1.82, 2.24) is 14.7 Å². The summed E-state index contributed by atoms with van der Waals surface area (Å²) in [6.07, 6.45) is 4.49. The molecule has 3 rings (SSSR count). The zero-order valence-electron chi connectivity index (χ0n) is 9.91. The van der Waals surface area contributed by atoms with Crippen LogP contribution in [0.15, 0.2) is 22.9 Å². The lowest BCUT2D eigenvalue weighted by Gasteiger charge is -2.07. The minimum Gasteiger partial charge on any atom is -0.316 e. The third kappa shape index (κ3) is 2.11. The van der Waals surface area contributed by atoms with Crippen molar-refractivity contribution in [2.75, 3.05) is 13.1 Å². The van der Waals surface area contributed by atoms with E-state index < -0.39 is 0 Å². The van der Waals surface area contributed by atoms with E-state index in [1.807, 2.05) is 0 Å². The molecule has 0 spiro atoms. The van der Waals surface area contributed by atoms with Gasteiger partial charge in [-0.25, -0.2) is 4.98 Å². The Bertz CT molecular complexity index is 541. The van der Waals surface area contributed by atoms with E-state index in [1.54, 1.807) is 0 Å². The number of pyridine rings is 1. The van der Waals surface area contributed by atoms with Gasteiger partial charge in [-0.15, -0.1) is 0 Å². The molecule has 17 heavy (non-hydrogen) atoms. The van der Waals surface area contributed by atoms with Crippen LogP contribution in [-0.2, 0) is 6.42 Å². The molecule has 3 heterocycles. The molecule has 3 nitrogen and oxygen atoms in total. The van der Waals surface area contributed by atoms with E-state index in [2.05, 4.69) is 55.9 Å². The highest BCUT2D eigenvalue weighted by Gasteiger charge is 2.18. The Morgan fingerprint density at radius 2 is 2.41 bits per heavy atom. The van der Waals surface area contributed by atoms with Gasteiger partial charge in [0, 0.05) is 12.6 Å². The summed E-state index contributed by atoms with van der Waals surface area (Å²) in [6.45, 7) is 4.39. The molecule has 1 N–H and O–H groups in total. The number of imidazole rings is 1. The summed E-state index contributed by atoms with van der Waals surface area (Å²) in [6, 6.07) is 4.26. The van der Waals surface area contributed by atoms with Crippen LogP contribution in [0.2, 0.25) is 0 Å². The van der Waals surface area contributed by atoms with Crippen LogP contribution in [-0.4, -0.2) is 22.5 Å². The number of rotatable bonds is 2. The lowest BCUT2D eigenvalue weighted by Crippen LogP contribution is -2.12. The van der Waals surface area contributed by atoms with E-state index in [1.165, 1.54) is 17.8 Å². The minimum atomic E-state index is 0.730. The van der Waals surface area contributed by atoms with Crippen molar-refractivity contribution in [3.8, 4) is 0 Å². The quantitative estimate of drug-likeness (QED) is 0.922. The molecule has 0 amide bonds. The Hall–Kier alpha value is -0.870. The molecule has 0 radical (unpaired) electrons. The van der Waals surface area contributed by atoms with Crippen LogP contribution in [0, 0.1) is 12.8 Å². The Kier molecular flexibility index (Phi) is 2.92. The maximum absolute atomic E-state index is 4.65. The third-order valence-corrected chi connectivity index (χ3v) is 4.03. The van der Waals surface area contributed by atoms with E-state index in [0.29, 0.717) is 0 Å². The van der Waals surface area contributed by atoms with Gasteiger partial charge in [0.2, 0.25) is 0 Å². The molecule has 1 unspecified atom stereocenters. The van der Waals surface area contributed by atoms with E-state index in [0.717, 1.165) is 35.5 Å². The number of hydrogen-bond donors (Lipinski definition) is 1. The van der Waals surface area contributed by atoms with Crippen molar-refractivity contribution in [2.45, 2.75) is 19.8 Å². The highest BCUT2D eigenvalue weighted by molar-refractivity contribution is 9.10. The Morgan fingerprint density at radius 1 is 1.53 bits per heavy atom. The molecule has 90 valence electrons. The van der Waals surface area contributed by atoms with E-state index >= 15 is 0 Å². The fraction of sp³-hybridized carbons (Fsp3) is 0.462. The number of nitrogens with zero attached hydrogens (tertiary/aromatic N) is 2. The van der Waals surface area contributed by atoms with E-state index in [9.17, 15) is 0 Å². The minimum absolute atomic E-state index is 0.730. The van der Waals surface area contributed by atoms with Crippen molar-refractivity contribution in [2.24, 2.45) is 5.92 Å². The number of aromatic nitrogens is 2. The molecule has 1 atom stereocenters. The van der Waals surface area contributed by atoms with Gasteiger partial charge in [-0.1, -0.05) is 6.07 Å². The lowest BCUT2D eigenvalue weighted by molar-refractivity contribution is 0.560. The smallest absolute Gasteiger partial charge is 0.132 e. The highest BCUT2D eigenvalue weighted by atomic mass is 79.9. The molecule has 0 bridgehead atoms. The monoisotopic (exact) mass is 293 g/mol. The first-order chi connectivity index (χ1) is 8.24. The Labute approximate surface area is 109 Å². The summed E-state index contributed by atoms with van der Waals surface area (Å²) in [5, 5.41) is 3.41. The normalized spacial score (nSPS) is 20.2. The van der Waals surface area contributed by atoms with Gasteiger partial charge in [0.1, 0.15) is 10.4 Å². The SMILES string of the molecule is Cc1ccc2c(Br)nc(CC3CCNC3)n2c1. The number of halogens is 1. The second-order valence-electron chi connectivity index (χ2n) is 4.84. The molecule has 1 fully saturated rings. The van der Waals surface area contributed by atoms with Crippen molar-refractivity contribution >= 4 is 21.4 Å². The summed E-state index contributed by atoms with van der Waals surface area (Å²) in [7, 11) is 0. The summed E-state index contributed by atoms with van der Waals surface area (Å²) in [5.41, 5.74) is 2.43. The molecule has 4 heteroatoms. The van der Waals surface area contributed by atoms with Crippen LogP contribution in [0.5, 0.6) is 0 Å². The van der Waals surface area contributed by atoms with Crippen molar-refractivity contribution < 1.29 is 0 Å². The maximum Gasteiger partial charge on any atom is 0.132 e. The average molecular weight is 294 g/mol. The average Bonchev–Trinajstić information content (AvgIpc) is 2.89. The Balaban J connectivity index is 2.00. The topological polar surface area (TPSA) is 29.3 Å². The molecule has 1 aliphatic rings. The summed E-state index contributed by atoms with van der Waals surface area (Å²) in [4.78, 5) is 4.65. The molecule has 0 saturated carbocycles. The second-order valence-corrected chi connectivity index (χ2v) is 5.59. The molecule has 1 aliphatic heterocycles. The zero-order chi connectivity index (χ0) is 11.8. The highest BCUT2D eigenvalue weighted by Crippen LogP contribution is 2.22. The molecular weight excluding hydrogens is 278 g/mol. The van der Waals surface area contributed by atoms with Gasteiger partial charge in [-0.05, 0) is 59.9 Å². The fourth-order valence-corrected chi connectivity index (χ4v) is 3.03. The van der Waals surface area contributed by atoms with E-state index in [4.69, 9.17) is 0 Å². The first-order valence-electron chi connectivity index (χ1n) is 6.08. The summed E-state index contributed by atoms with van der Waals surface area (Å²) >= 11 is 3.54. The number of hydrogen-bond acceptors (Lipinski definition) is 2. The molecule has 1 saturated heterocycles. The van der Waals surface area contributed by atoms with Crippen molar-refractivity contribution in [3.63, 3.8) is 0 Å². The second kappa shape index (κ2) is 4.42. The van der Waals surface area contributed by atoms with Crippen LogP contribution in [0.25, 0.3) is 5.52 Å². The van der Waals surface area contributed by atoms with Gasteiger partial charge >= 0.3 is 0 Å². The zero-order valence-corrected chi connectivity index (χ0v) is 11.5. The Morgan fingerprint density at radius 3 is 3.18 bits per heavy atom. The van der Waals surface area contributed by atoms with Gasteiger partial charge in [0.15, 0.2) is 0 Å². The van der Waals surface area contributed by atoms with E-state index in [-0.39, 0.29) is 0 Å². The number of nitrogens with one attached hydrogen (secondary N) is 1. The standard InChI is InChI=1S/C13H16BrN3/c1-9-2-3-11-13(14)16-12(17(11)8-9)6-10-4-5-15-7-10/h2-3,8,10,15H,4-7H2,1H3. The molecule has 0 aromatic carbocycles. The largest absolute Gasteiger partial charge is 0.316 e. The van der Waals surface area contributed by atoms with Gasteiger partial charge < -0.3 is 9.72 Å². The van der Waals surface area contributed by atoms with Crippen LogP contribution >= 0.6 is 15.9 Å². The van der Waals surface area contributed by atoms with Crippen molar-refractivity contribution in [1.29, 1.82) is 0 Å². The molecular formula is C13H16BrN3. The first kappa shape index (κ1) is 11.2. The maximum atomic E-state index is 4.65. The van der Waals surface area contributed by atoms with Crippen LogP contribution in [0.4, 0.5) is 0 Å². The predicted octanol–water partition coefficient (Wildman–Crippen LogP) is 2.56. The molecule has 2 aromatic rings. The van der Waals surface area contributed by atoms with Gasteiger partial charge in [-0.3, -0.25) is 0 Å². The van der Waals surface area contributed by atoms with Crippen LogP contribution < -0.4 is 5.32 Å². The van der Waals surface area contributed by atoms with Gasteiger partial charge in [0.05, 0.1) is 5.52 Å². The van der Waals surface area contributed by atoms with Gasteiger partial charge in [-0.2, -0.15) is 0 Å². The molecule has 2 aromatic heterocycles. The predicted molar refractivity (Wildman–Crippen MR) is 72.3 cm³/mol. The summed E-state index contributed by atoms with van der Waals surface area (Å²) < 4.78 is 3.18.